The number of halogens is 6. The molecule has 0 unspecified atom stereocenters. The van der Waals surface area contributed by atoms with Crippen LogP contribution in [0.5, 0.6) is 11.5 Å². The molecule has 0 aromatic heterocycles. The molecule has 4 aromatic carbocycles. The number of rotatable bonds is 8. The molecule has 41 heavy (non-hydrogen) atoms. The highest BCUT2D eigenvalue weighted by molar-refractivity contribution is 14.1. The lowest BCUT2D eigenvalue weighted by atomic mass is 9.78. The first-order chi connectivity index (χ1) is 19.7. The average molecular weight is 678 g/mol. The number of aryl methyl sites for hydroxylation is 1. The molecule has 0 spiro atoms. The van der Waals surface area contributed by atoms with Gasteiger partial charge < -0.3 is 9.47 Å². The summed E-state index contributed by atoms with van der Waals surface area (Å²) in [4.78, 5) is 0. The molecule has 0 atom stereocenters. The van der Waals surface area contributed by atoms with Crippen molar-refractivity contribution in [3.63, 3.8) is 0 Å². The number of hydrogen-bond donors (Lipinski definition) is 0. The molecule has 2 nitrogen and oxygen atoms in total. The minimum Gasteiger partial charge on any atom is -0.490 e. The minimum atomic E-state index is -0.952. The first-order valence-electron chi connectivity index (χ1n) is 13.4. The van der Waals surface area contributed by atoms with Crippen molar-refractivity contribution in [3.05, 3.63) is 116 Å². The molecule has 0 aliphatic heterocycles. The van der Waals surface area contributed by atoms with E-state index >= 15 is 4.39 Å². The third-order valence-corrected chi connectivity index (χ3v) is 8.44. The maximum atomic E-state index is 15.2. The highest BCUT2D eigenvalue weighted by Crippen LogP contribution is 2.38. The predicted molar refractivity (Wildman–Crippen MR) is 157 cm³/mol. The number of ether oxygens (including phenoxy) is 2. The van der Waals surface area contributed by atoms with Crippen LogP contribution < -0.4 is 9.47 Å². The van der Waals surface area contributed by atoms with Gasteiger partial charge in [-0.3, -0.25) is 0 Å². The summed E-state index contributed by atoms with van der Waals surface area (Å²) in [5, 5.41) is 0. The van der Waals surface area contributed by atoms with Gasteiger partial charge in [-0.15, -0.1) is 0 Å². The molecule has 0 bridgehead atoms. The fourth-order valence-electron chi connectivity index (χ4n) is 5.32. The van der Waals surface area contributed by atoms with E-state index in [1.165, 1.54) is 30.3 Å². The molecule has 0 radical (unpaired) electrons. The van der Waals surface area contributed by atoms with Crippen molar-refractivity contribution in [3.8, 4) is 22.6 Å². The van der Waals surface area contributed by atoms with Gasteiger partial charge in [0.25, 0.3) is 0 Å². The second-order valence-corrected chi connectivity index (χ2v) is 11.6. The van der Waals surface area contributed by atoms with Crippen molar-refractivity contribution < 1.29 is 31.4 Å². The fourth-order valence-corrected chi connectivity index (χ4v) is 5.90. The zero-order valence-electron chi connectivity index (χ0n) is 22.3. The van der Waals surface area contributed by atoms with Crippen molar-refractivity contribution in [1.82, 2.24) is 0 Å². The minimum absolute atomic E-state index is 0.0667. The molecular formula is C33H28F5IO2. The lowest BCUT2D eigenvalue weighted by Crippen LogP contribution is -2.20. The quantitative estimate of drug-likeness (QED) is 0.137. The van der Waals surface area contributed by atoms with E-state index in [2.05, 4.69) is 0 Å². The lowest BCUT2D eigenvalue weighted by Gasteiger charge is -2.29. The summed E-state index contributed by atoms with van der Waals surface area (Å²) in [6, 6.07) is 16.0. The van der Waals surface area contributed by atoms with E-state index in [1.54, 1.807) is 18.2 Å². The molecule has 0 N–H and O–H groups in total. The molecule has 5 rings (SSSR count). The lowest BCUT2D eigenvalue weighted by molar-refractivity contribution is 0.193. The molecule has 0 amide bonds. The van der Waals surface area contributed by atoms with E-state index < -0.39 is 29.0 Å². The SMILES string of the molecule is Cc1cccc(F)c1OCC1CCC(c2ccc(-c3cc(F)c(OCc4ccc(F)c(I)c4)c(F)c3)c(F)c2)CC1. The van der Waals surface area contributed by atoms with E-state index in [9.17, 15) is 17.6 Å². The Morgan fingerprint density at radius 2 is 1.44 bits per heavy atom. The molecule has 8 heteroatoms. The van der Waals surface area contributed by atoms with Gasteiger partial charge in [-0.05, 0) is 126 Å². The zero-order valence-corrected chi connectivity index (χ0v) is 24.5. The highest BCUT2D eigenvalue weighted by Gasteiger charge is 2.25. The van der Waals surface area contributed by atoms with Crippen LogP contribution in [0, 0.1) is 45.5 Å². The molecule has 0 heterocycles. The summed E-state index contributed by atoms with van der Waals surface area (Å²) in [5.74, 6) is -3.06. The van der Waals surface area contributed by atoms with Crippen LogP contribution in [0.25, 0.3) is 11.1 Å². The fraction of sp³-hybridized carbons (Fsp3) is 0.273. The summed E-state index contributed by atoms with van der Waals surface area (Å²) in [6.45, 7) is 2.10. The highest BCUT2D eigenvalue weighted by atomic mass is 127. The van der Waals surface area contributed by atoms with Gasteiger partial charge in [0.1, 0.15) is 18.2 Å². The molecular weight excluding hydrogens is 650 g/mol. The van der Waals surface area contributed by atoms with Gasteiger partial charge >= 0.3 is 0 Å². The average Bonchev–Trinajstić information content (AvgIpc) is 2.94. The molecule has 4 aromatic rings. The standard InChI is InChI=1S/C33H28F5IO2/c1-19-3-2-4-27(35)32(19)40-17-20-5-8-22(9-6-20)23-10-11-25(28(36)14-23)24-15-29(37)33(30(38)16-24)41-18-21-7-12-26(34)31(39)13-21/h2-4,7,10-16,20,22H,5-6,8-9,17-18H2,1H3. The number of para-hydroxylation sites is 1. The zero-order chi connectivity index (χ0) is 29.1. The van der Waals surface area contributed by atoms with Crippen LogP contribution in [0.15, 0.2) is 66.7 Å². The molecule has 1 fully saturated rings. The summed E-state index contributed by atoms with van der Waals surface area (Å²) < 4.78 is 83.8. The van der Waals surface area contributed by atoms with Gasteiger partial charge in [-0.2, -0.15) is 0 Å². The van der Waals surface area contributed by atoms with Crippen LogP contribution in [-0.2, 0) is 6.61 Å². The molecule has 1 aliphatic carbocycles. The van der Waals surface area contributed by atoms with E-state index in [-0.39, 0.29) is 35.4 Å². The summed E-state index contributed by atoms with van der Waals surface area (Å²) in [7, 11) is 0. The van der Waals surface area contributed by atoms with Crippen molar-refractivity contribution in [2.24, 2.45) is 5.92 Å². The predicted octanol–water partition coefficient (Wildman–Crippen LogP) is 9.89. The summed E-state index contributed by atoms with van der Waals surface area (Å²) >= 11 is 1.83. The van der Waals surface area contributed by atoms with Gasteiger partial charge in [-0.25, -0.2) is 22.0 Å². The first kappa shape index (κ1) is 29.4. The Morgan fingerprint density at radius 3 is 2.10 bits per heavy atom. The van der Waals surface area contributed by atoms with E-state index in [4.69, 9.17) is 9.47 Å². The Hall–Kier alpha value is -3.14. The van der Waals surface area contributed by atoms with Crippen molar-refractivity contribution in [1.29, 1.82) is 0 Å². The van der Waals surface area contributed by atoms with Crippen LogP contribution in [0.4, 0.5) is 22.0 Å². The van der Waals surface area contributed by atoms with Gasteiger partial charge in [0.15, 0.2) is 29.0 Å². The molecule has 214 valence electrons. The van der Waals surface area contributed by atoms with Crippen molar-refractivity contribution >= 4 is 22.6 Å². The monoisotopic (exact) mass is 678 g/mol. The van der Waals surface area contributed by atoms with E-state index in [1.807, 2.05) is 35.6 Å². The van der Waals surface area contributed by atoms with E-state index in [0.717, 1.165) is 48.9 Å². The van der Waals surface area contributed by atoms with E-state index in [0.29, 0.717) is 21.5 Å². The van der Waals surface area contributed by atoms with Gasteiger partial charge in [0.2, 0.25) is 0 Å². The van der Waals surface area contributed by atoms with Crippen LogP contribution in [0.1, 0.15) is 48.3 Å². The number of hydrogen-bond acceptors (Lipinski definition) is 2. The first-order valence-corrected chi connectivity index (χ1v) is 14.5. The van der Waals surface area contributed by atoms with Crippen molar-refractivity contribution in [2.45, 2.75) is 45.1 Å². The summed E-state index contributed by atoms with van der Waals surface area (Å²) in [6.07, 6.45) is 3.42. The smallest absolute Gasteiger partial charge is 0.191 e. The van der Waals surface area contributed by atoms with Crippen molar-refractivity contribution in [2.75, 3.05) is 6.61 Å². The third-order valence-electron chi connectivity index (χ3n) is 7.61. The molecule has 0 saturated heterocycles. The number of benzene rings is 4. The Kier molecular flexibility index (Phi) is 9.16. The van der Waals surface area contributed by atoms with Crippen LogP contribution >= 0.6 is 22.6 Å². The summed E-state index contributed by atoms with van der Waals surface area (Å²) in [5.41, 5.74) is 2.31. The second-order valence-electron chi connectivity index (χ2n) is 10.5. The van der Waals surface area contributed by atoms with Gasteiger partial charge in [0, 0.05) is 9.13 Å². The van der Waals surface area contributed by atoms with Crippen LogP contribution in [0.2, 0.25) is 0 Å². The van der Waals surface area contributed by atoms with Crippen LogP contribution in [-0.4, -0.2) is 6.61 Å². The molecule has 1 aliphatic rings. The Bertz CT molecular complexity index is 1510. The Morgan fingerprint density at radius 1 is 0.707 bits per heavy atom. The maximum Gasteiger partial charge on any atom is 0.191 e. The topological polar surface area (TPSA) is 18.5 Å². The van der Waals surface area contributed by atoms with Crippen LogP contribution in [0.3, 0.4) is 0 Å². The largest absolute Gasteiger partial charge is 0.490 e. The maximum absolute atomic E-state index is 15.2. The molecule has 1 saturated carbocycles. The van der Waals surface area contributed by atoms with Gasteiger partial charge in [-0.1, -0.05) is 30.3 Å². The second kappa shape index (κ2) is 12.8. The Balaban J connectivity index is 1.21. The Labute approximate surface area is 249 Å². The third kappa shape index (κ3) is 6.85. The normalized spacial score (nSPS) is 17.0. The van der Waals surface area contributed by atoms with Gasteiger partial charge in [0.05, 0.1) is 6.61 Å².